The number of nitrogens with zero attached hydrogens (tertiary/aromatic N) is 1. The molecule has 4 rings (SSSR count). The summed E-state index contributed by atoms with van der Waals surface area (Å²) in [6, 6.07) is 21.1. The molecule has 2 amide bonds. The molecule has 0 spiro atoms. The third-order valence-corrected chi connectivity index (χ3v) is 5.09. The van der Waals surface area contributed by atoms with E-state index in [1.807, 2.05) is 18.2 Å². The number of hydrogen-bond donors (Lipinski definition) is 1. The summed E-state index contributed by atoms with van der Waals surface area (Å²) >= 11 is 0. The van der Waals surface area contributed by atoms with E-state index in [0.717, 1.165) is 4.90 Å². The molecular weight excluding hydrogens is 408 g/mol. The van der Waals surface area contributed by atoms with Gasteiger partial charge in [0.1, 0.15) is 22.9 Å². The Balaban J connectivity index is 1.84. The second-order valence-electron chi connectivity index (χ2n) is 6.96. The van der Waals surface area contributed by atoms with Crippen LogP contribution in [-0.2, 0) is 9.59 Å². The molecule has 32 heavy (non-hydrogen) atoms. The van der Waals surface area contributed by atoms with Crippen LogP contribution in [0.3, 0.4) is 0 Å². The Labute approximate surface area is 185 Å². The fraction of sp³-hybridized carbons (Fsp3) is 0.120. The molecule has 7 nitrogen and oxygen atoms in total. The number of rotatable bonds is 7. The van der Waals surface area contributed by atoms with Gasteiger partial charge in [-0.15, -0.1) is 0 Å². The number of carbonyl (C=O) groups excluding carboxylic acids is 2. The van der Waals surface area contributed by atoms with Gasteiger partial charge < -0.3 is 19.5 Å². The summed E-state index contributed by atoms with van der Waals surface area (Å²) in [6.07, 6.45) is 0. The molecule has 1 aliphatic rings. The molecule has 0 unspecified atom stereocenters. The quantitative estimate of drug-likeness (QED) is 0.569. The molecule has 0 saturated heterocycles. The Kier molecular flexibility index (Phi) is 5.81. The molecule has 0 fully saturated rings. The van der Waals surface area contributed by atoms with Gasteiger partial charge in [-0.2, -0.15) is 0 Å². The molecule has 0 atom stereocenters. The SMILES string of the molecule is COc1cc(NC2=C(c3ccccc3)C(=O)N(c3ccccc3OC)C2=O)cc(OC)c1. The Morgan fingerprint density at radius 2 is 1.34 bits per heavy atom. The first-order chi connectivity index (χ1) is 15.6. The molecule has 3 aromatic rings. The first-order valence-electron chi connectivity index (χ1n) is 9.89. The summed E-state index contributed by atoms with van der Waals surface area (Å²) < 4.78 is 16.0. The van der Waals surface area contributed by atoms with Crippen molar-refractivity contribution in [1.82, 2.24) is 0 Å². The van der Waals surface area contributed by atoms with Gasteiger partial charge in [-0.05, 0) is 17.7 Å². The highest BCUT2D eigenvalue weighted by Gasteiger charge is 2.41. The number of imide groups is 1. The van der Waals surface area contributed by atoms with Crippen LogP contribution in [0, 0.1) is 0 Å². The van der Waals surface area contributed by atoms with Crippen molar-refractivity contribution in [3.8, 4) is 17.2 Å². The van der Waals surface area contributed by atoms with Gasteiger partial charge >= 0.3 is 0 Å². The van der Waals surface area contributed by atoms with E-state index in [9.17, 15) is 9.59 Å². The van der Waals surface area contributed by atoms with E-state index in [0.29, 0.717) is 34.2 Å². The van der Waals surface area contributed by atoms with Crippen molar-refractivity contribution in [2.24, 2.45) is 0 Å². The number of anilines is 2. The lowest BCUT2D eigenvalue weighted by atomic mass is 10.0. The summed E-state index contributed by atoms with van der Waals surface area (Å²) in [5, 5.41) is 3.12. The van der Waals surface area contributed by atoms with Crippen LogP contribution < -0.4 is 24.4 Å². The maximum Gasteiger partial charge on any atom is 0.282 e. The lowest BCUT2D eigenvalue weighted by molar-refractivity contribution is -0.120. The van der Waals surface area contributed by atoms with Crippen LogP contribution in [0.25, 0.3) is 5.57 Å². The molecular formula is C25H22N2O5. The van der Waals surface area contributed by atoms with Crippen molar-refractivity contribution in [3.63, 3.8) is 0 Å². The van der Waals surface area contributed by atoms with Gasteiger partial charge in [0.15, 0.2) is 0 Å². The van der Waals surface area contributed by atoms with Crippen LogP contribution in [0.15, 0.2) is 78.5 Å². The minimum Gasteiger partial charge on any atom is -0.497 e. The number of ether oxygens (including phenoxy) is 3. The molecule has 0 radical (unpaired) electrons. The average molecular weight is 430 g/mol. The van der Waals surface area contributed by atoms with Gasteiger partial charge in [0.2, 0.25) is 0 Å². The Morgan fingerprint density at radius 1 is 0.719 bits per heavy atom. The molecule has 0 saturated carbocycles. The van der Waals surface area contributed by atoms with Crippen molar-refractivity contribution >= 4 is 28.8 Å². The lowest BCUT2D eigenvalue weighted by Crippen LogP contribution is -2.32. The molecule has 0 bridgehead atoms. The van der Waals surface area contributed by atoms with E-state index < -0.39 is 11.8 Å². The number of benzene rings is 3. The minimum absolute atomic E-state index is 0.155. The van der Waals surface area contributed by atoms with Crippen LogP contribution in [-0.4, -0.2) is 33.1 Å². The van der Waals surface area contributed by atoms with E-state index in [1.165, 1.54) is 7.11 Å². The van der Waals surface area contributed by atoms with E-state index in [-0.39, 0.29) is 11.3 Å². The van der Waals surface area contributed by atoms with Gasteiger partial charge in [0.05, 0.1) is 32.6 Å². The first-order valence-corrected chi connectivity index (χ1v) is 9.89. The highest BCUT2D eigenvalue weighted by molar-refractivity contribution is 6.46. The number of methoxy groups -OCH3 is 3. The third kappa shape index (κ3) is 3.76. The van der Waals surface area contributed by atoms with Crippen molar-refractivity contribution in [2.75, 3.05) is 31.5 Å². The van der Waals surface area contributed by atoms with Gasteiger partial charge in [0.25, 0.3) is 11.8 Å². The molecule has 0 aliphatic carbocycles. The van der Waals surface area contributed by atoms with Gasteiger partial charge in [-0.1, -0.05) is 42.5 Å². The zero-order valence-corrected chi connectivity index (χ0v) is 17.9. The number of amides is 2. The van der Waals surface area contributed by atoms with Crippen LogP contribution in [0.4, 0.5) is 11.4 Å². The van der Waals surface area contributed by atoms with E-state index in [1.54, 1.807) is 68.8 Å². The Bertz CT molecular complexity index is 1180. The Morgan fingerprint density at radius 3 is 1.97 bits per heavy atom. The zero-order valence-electron chi connectivity index (χ0n) is 17.9. The lowest BCUT2D eigenvalue weighted by Gasteiger charge is -2.18. The first kappa shape index (κ1) is 21.0. The summed E-state index contributed by atoms with van der Waals surface area (Å²) in [5.41, 5.74) is 1.97. The second-order valence-corrected chi connectivity index (χ2v) is 6.96. The van der Waals surface area contributed by atoms with Crippen molar-refractivity contribution in [3.05, 3.63) is 84.1 Å². The monoisotopic (exact) mass is 430 g/mol. The second kappa shape index (κ2) is 8.85. The predicted octanol–water partition coefficient (Wildman–Crippen LogP) is 4.11. The summed E-state index contributed by atoms with van der Waals surface area (Å²) in [6.45, 7) is 0. The highest BCUT2D eigenvalue weighted by Crippen LogP contribution is 2.38. The fourth-order valence-electron chi connectivity index (χ4n) is 3.58. The van der Waals surface area contributed by atoms with Crippen LogP contribution in [0.2, 0.25) is 0 Å². The topological polar surface area (TPSA) is 77.1 Å². The minimum atomic E-state index is -0.486. The maximum absolute atomic E-state index is 13.5. The normalized spacial score (nSPS) is 13.4. The highest BCUT2D eigenvalue weighted by atomic mass is 16.5. The van der Waals surface area contributed by atoms with Crippen molar-refractivity contribution < 1.29 is 23.8 Å². The number of carbonyl (C=O) groups is 2. The molecule has 1 N–H and O–H groups in total. The number of hydrogen-bond acceptors (Lipinski definition) is 6. The van der Waals surface area contributed by atoms with Crippen LogP contribution >= 0.6 is 0 Å². The summed E-state index contributed by atoms with van der Waals surface area (Å²) in [7, 11) is 4.58. The van der Waals surface area contributed by atoms with Crippen molar-refractivity contribution in [2.45, 2.75) is 0 Å². The molecule has 162 valence electrons. The van der Waals surface area contributed by atoms with E-state index in [4.69, 9.17) is 14.2 Å². The molecule has 1 aliphatic heterocycles. The summed E-state index contributed by atoms with van der Waals surface area (Å²) in [5.74, 6) is 0.591. The fourth-order valence-corrected chi connectivity index (χ4v) is 3.58. The molecule has 1 heterocycles. The van der Waals surface area contributed by atoms with E-state index >= 15 is 0 Å². The Hall–Kier alpha value is -4.26. The van der Waals surface area contributed by atoms with Crippen LogP contribution in [0.1, 0.15) is 5.56 Å². The molecule has 7 heteroatoms. The number of para-hydroxylation sites is 2. The maximum atomic E-state index is 13.5. The average Bonchev–Trinajstić information content (AvgIpc) is 3.08. The molecule has 3 aromatic carbocycles. The summed E-state index contributed by atoms with van der Waals surface area (Å²) in [4.78, 5) is 28.2. The van der Waals surface area contributed by atoms with Gasteiger partial charge in [-0.25, -0.2) is 4.90 Å². The van der Waals surface area contributed by atoms with E-state index in [2.05, 4.69) is 5.32 Å². The van der Waals surface area contributed by atoms with Crippen LogP contribution in [0.5, 0.6) is 17.2 Å². The largest absolute Gasteiger partial charge is 0.497 e. The molecule has 0 aromatic heterocycles. The third-order valence-electron chi connectivity index (χ3n) is 5.09. The predicted molar refractivity (Wildman–Crippen MR) is 122 cm³/mol. The number of nitrogens with one attached hydrogen (secondary N) is 1. The smallest absolute Gasteiger partial charge is 0.282 e. The van der Waals surface area contributed by atoms with Gasteiger partial charge in [-0.3, -0.25) is 9.59 Å². The van der Waals surface area contributed by atoms with Crippen molar-refractivity contribution in [1.29, 1.82) is 0 Å². The zero-order chi connectivity index (χ0) is 22.7. The standard InChI is InChI=1S/C25H22N2O5/c1-30-18-13-17(14-19(15-18)31-2)26-23-22(16-9-5-4-6-10-16)24(28)27(25(23)29)20-11-7-8-12-21(20)32-3/h4-15,26H,1-3H3. The van der Waals surface area contributed by atoms with Gasteiger partial charge in [0, 0.05) is 23.9 Å².